The van der Waals surface area contributed by atoms with Gasteiger partial charge < -0.3 is 10.4 Å². The summed E-state index contributed by atoms with van der Waals surface area (Å²) >= 11 is 5.90. The Kier molecular flexibility index (Phi) is 5.20. The Labute approximate surface area is 106 Å². The summed E-state index contributed by atoms with van der Waals surface area (Å²) in [5, 5.41) is 17.9. The molecule has 17 heavy (non-hydrogen) atoms. The summed E-state index contributed by atoms with van der Waals surface area (Å²) < 4.78 is 21.3. The van der Waals surface area contributed by atoms with Crippen LogP contribution in [-0.2, 0) is 16.6 Å². The fraction of sp³-hybridized carbons (Fsp3) is 0.400. The van der Waals surface area contributed by atoms with E-state index in [9.17, 15) is 13.5 Å². The van der Waals surface area contributed by atoms with E-state index in [1.54, 1.807) is 18.2 Å². The van der Waals surface area contributed by atoms with Gasteiger partial charge in [0.05, 0.1) is 5.75 Å². The van der Waals surface area contributed by atoms with Gasteiger partial charge in [-0.25, -0.2) is 13.6 Å². The molecule has 0 aromatic heterocycles. The maximum atomic E-state index is 10.7. The number of hydrogen-bond donors (Lipinski definition) is 3. The third-order valence-electron chi connectivity index (χ3n) is 2.18. The molecular weight excluding hydrogens is 264 g/mol. The number of sulfonamides is 1. The molecule has 7 heteroatoms. The number of nitrogens with one attached hydrogen (secondary N) is 1. The third-order valence-corrected chi connectivity index (χ3v) is 3.39. The van der Waals surface area contributed by atoms with Crippen LogP contribution >= 0.6 is 11.6 Å². The molecule has 0 amide bonds. The first-order valence-electron chi connectivity index (χ1n) is 5.07. The lowest BCUT2D eigenvalue weighted by Gasteiger charge is -2.08. The predicted molar refractivity (Wildman–Crippen MR) is 67.4 cm³/mol. The van der Waals surface area contributed by atoms with E-state index in [4.69, 9.17) is 16.7 Å². The van der Waals surface area contributed by atoms with Gasteiger partial charge in [-0.3, -0.25) is 0 Å². The molecule has 96 valence electrons. The van der Waals surface area contributed by atoms with E-state index in [-0.39, 0.29) is 11.5 Å². The van der Waals surface area contributed by atoms with Gasteiger partial charge in [-0.1, -0.05) is 17.7 Å². The maximum Gasteiger partial charge on any atom is 0.209 e. The smallest absolute Gasteiger partial charge is 0.209 e. The van der Waals surface area contributed by atoms with Crippen molar-refractivity contribution in [2.24, 2.45) is 5.14 Å². The fourth-order valence-electron chi connectivity index (χ4n) is 1.33. The van der Waals surface area contributed by atoms with Crippen molar-refractivity contribution in [3.63, 3.8) is 0 Å². The molecule has 4 N–H and O–H groups in total. The topological polar surface area (TPSA) is 92.4 Å². The van der Waals surface area contributed by atoms with Gasteiger partial charge in [0.25, 0.3) is 0 Å². The molecule has 0 aliphatic carbocycles. The van der Waals surface area contributed by atoms with E-state index >= 15 is 0 Å². The molecule has 0 radical (unpaired) electrons. The van der Waals surface area contributed by atoms with Crippen LogP contribution in [0.2, 0.25) is 5.02 Å². The average Bonchev–Trinajstić information content (AvgIpc) is 2.20. The van der Waals surface area contributed by atoms with Crippen LogP contribution < -0.4 is 10.5 Å². The van der Waals surface area contributed by atoms with Crippen LogP contribution in [0, 0.1) is 0 Å². The van der Waals surface area contributed by atoms with Crippen LogP contribution in [0.5, 0.6) is 5.75 Å². The number of benzene rings is 1. The number of phenolic OH excluding ortho intramolecular Hbond substituents is 1. The molecule has 1 aromatic rings. The van der Waals surface area contributed by atoms with Crippen molar-refractivity contribution in [2.45, 2.75) is 13.0 Å². The monoisotopic (exact) mass is 278 g/mol. The summed E-state index contributed by atoms with van der Waals surface area (Å²) in [5.74, 6) is 0.0607. The van der Waals surface area contributed by atoms with Gasteiger partial charge in [-0.2, -0.15) is 0 Å². The van der Waals surface area contributed by atoms with E-state index in [0.29, 0.717) is 30.1 Å². The second-order valence-corrected chi connectivity index (χ2v) is 5.78. The quantitative estimate of drug-likeness (QED) is 0.672. The Morgan fingerprint density at radius 3 is 2.71 bits per heavy atom. The molecule has 5 nitrogen and oxygen atoms in total. The van der Waals surface area contributed by atoms with Crippen molar-refractivity contribution in [1.82, 2.24) is 5.32 Å². The minimum absolute atomic E-state index is 0.0610. The van der Waals surface area contributed by atoms with Crippen molar-refractivity contribution in [3.8, 4) is 5.75 Å². The number of aromatic hydroxyl groups is 1. The van der Waals surface area contributed by atoms with Crippen molar-refractivity contribution in [1.29, 1.82) is 0 Å². The molecule has 0 spiro atoms. The highest BCUT2D eigenvalue weighted by Crippen LogP contribution is 2.24. The molecule has 0 unspecified atom stereocenters. The zero-order valence-electron chi connectivity index (χ0n) is 9.19. The molecule has 0 saturated heterocycles. The molecule has 0 aliphatic heterocycles. The van der Waals surface area contributed by atoms with Gasteiger partial charge in [-0.05, 0) is 25.1 Å². The standard InChI is InChI=1S/C10H15ClN2O3S/c11-9-3-1-4-10(14)8(9)7-13-5-2-6-17(12,15)16/h1,3-4,13-14H,2,5-7H2,(H2,12,15,16). The highest BCUT2D eigenvalue weighted by Gasteiger charge is 2.06. The average molecular weight is 279 g/mol. The Morgan fingerprint density at radius 1 is 1.41 bits per heavy atom. The van der Waals surface area contributed by atoms with Crippen LogP contribution in [0.25, 0.3) is 0 Å². The lowest BCUT2D eigenvalue weighted by Crippen LogP contribution is -2.22. The number of phenols is 1. The van der Waals surface area contributed by atoms with Gasteiger partial charge in [0.15, 0.2) is 0 Å². The zero-order valence-corrected chi connectivity index (χ0v) is 10.8. The van der Waals surface area contributed by atoms with E-state index < -0.39 is 10.0 Å². The summed E-state index contributed by atoms with van der Waals surface area (Å²) in [6, 6.07) is 4.89. The Morgan fingerprint density at radius 2 is 2.12 bits per heavy atom. The molecule has 1 aromatic carbocycles. The number of hydrogen-bond acceptors (Lipinski definition) is 4. The van der Waals surface area contributed by atoms with Gasteiger partial charge in [0, 0.05) is 17.1 Å². The van der Waals surface area contributed by atoms with E-state index in [1.807, 2.05) is 0 Å². The Balaban J connectivity index is 2.37. The summed E-state index contributed by atoms with van der Waals surface area (Å²) in [7, 11) is -3.40. The second-order valence-electron chi connectivity index (χ2n) is 3.63. The van der Waals surface area contributed by atoms with Crippen molar-refractivity contribution >= 4 is 21.6 Å². The molecular formula is C10H15ClN2O3S. The second kappa shape index (κ2) is 6.20. The van der Waals surface area contributed by atoms with Gasteiger partial charge in [0.1, 0.15) is 5.75 Å². The summed E-state index contributed by atoms with van der Waals surface area (Å²) in [6.45, 7) is 0.872. The minimum Gasteiger partial charge on any atom is -0.508 e. The van der Waals surface area contributed by atoms with Crippen molar-refractivity contribution in [2.75, 3.05) is 12.3 Å². The first kappa shape index (κ1) is 14.2. The summed E-state index contributed by atoms with van der Waals surface area (Å²) in [6.07, 6.45) is 0.421. The summed E-state index contributed by atoms with van der Waals surface area (Å²) in [4.78, 5) is 0. The minimum atomic E-state index is -3.40. The number of halogens is 1. The molecule has 0 aliphatic rings. The van der Waals surface area contributed by atoms with Crippen LogP contribution in [0.15, 0.2) is 18.2 Å². The van der Waals surface area contributed by atoms with Crippen LogP contribution in [0.3, 0.4) is 0 Å². The van der Waals surface area contributed by atoms with E-state index in [2.05, 4.69) is 5.32 Å². The highest BCUT2D eigenvalue weighted by molar-refractivity contribution is 7.89. The molecule has 0 bridgehead atoms. The number of primary sulfonamides is 1. The molecule has 0 heterocycles. The number of nitrogens with two attached hydrogens (primary N) is 1. The molecule has 0 saturated carbocycles. The van der Waals surface area contributed by atoms with Crippen LogP contribution in [-0.4, -0.2) is 25.8 Å². The molecule has 0 atom stereocenters. The Bertz CT molecular complexity index is 456. The number of rotatable bonds is 6. The lowest BCUT2D eigenvalue weighted by molar-refractivity contribution is 0.464. The van der Waals surface area contributed by atoms with Crippen LogP contribution in [0.4, 0.5) is 0 Å². The largest absolute Gasteiger partial charge is 0.508 e. The van der Waals surface area contributed by atoms with Gasteiger partial charge in [0.2, 0.25) is 10.0 Å². The van der Waals surface area contributed by atoms with Crippen molar-refractivity contribution < 1.29 is 13.5 Å². The normalized spacial score (nSPS) is 11.6. The predicted octanol–water partition coefficient (Wildman–Crippen LogP) is 0.814. The first-order chi connectivity index (χ1) is 7.90. The Hall–Kier alpha value is -0.820. The third kappa shape index (κ3) is 5.36. The van der Waals surface area contributed by atoms with E-state index in [0.717, 1.165) is 0 Å². The highest BCUT2D eigenvalue weighted by atomic mass is 35.5. The SMILES string of the molecule is NS(=O)(=O)CCCNCc1c(O)cccc1Cl. The lowest BCUT2D eigenvalue weighted by atomic mass is 10.2. The fourth-order valence-corrected chi connectivity index (χ4v) is 2.12. The summed E-state index contributed by atoms with van der Waals surface area (Å²) in [5.41, 5.74) is 0.602. The van der Waals surface area contributed by atoms with Gasteiger partial charge in [-0.15, -0.1) is 0 Å². The van der Waals surface area contributed by atoms with Crippen LogP contribution in [0.1, 0.15) is 12.0 Å². The zero-order chi connectivity index (χ0) is 12.9. The first-order valence-corrected chi connectivity index (χ1v) is 7.17. The van der Waals surface area contributed by atoms with Crippen molar-refractivity contribution in [3.05, 3.63) is 28.8 Å². The van der Waals surface area contributed by atoms with E-state index in [1.165, 1.54) is 0 Å². The molecule has 1 rings (SSSR count). The van der Waals surface area contributed by atoms with Gasteiger partial charge >= 0.3 is 0 Å². The molecule has 0 fully saturated rings. The maximum absolute atomic E-state index is 10.7.